The first-order chi connectivity index (χ1) is 9.20. The van der Waals surface area contributed by atoms with Crippen LogP contribution in [0.1, 0.15) is 18.1 Å². The first-order valence-electron chi connectivity index (χ1n) is 6.13. The number of hydrogen-bond donors (Lipinski definition) is 1. The number of hydrogen-bond acceptors (Lipinski definition) is 4. The number of aromatic nitrogens is 2. The third-order valence-corrected chi connectivity index (χ3v) is 2.94. The Kier molecular flexibility index (Phi) is 4.58. The van der Waals surface area contributed by atoms with Crippen LogP contribution in [0, 0.1) is 6.92 Å². The minimum absolute atomic E-state index is 0.592. The van der Waals surface area contributed by atoms with Gasteiger partial charge < -0.3 is 10.1 Å². The summed E-state index contributed by atoms with van der Waals surface area (Å²) in [6, 6.07) is 7.71. The van der Waals surface area contributed by atoms with Crippen molar-refractivity contribution < 1.29 is 4.74 Å². The highest BCUT2D eigenvalue weighted by Gasteiger charge is 2.07. The van der Waals surface area contributed by atoms with Crippen LogP contribution < -0.4 is 10.1 Å². The Morgan fingerprint density at radius 2 is 1.95 bits per heavy atom. The van der Waals surface area contributed by atoms with Crippen LogP contribution in [0.25, 0.3) is 0 Å². The second-order valence-electron chi connectivity index (χ2n) is 4.07. The van der Waals surface area contributed by atoms with Crippen molar-refractivity contribution in [1.29, 1.82) is 0 Å². The lowest BCUT2D eigenvalue weighted by Crippen LogP contribution is -2.06. The van der Waals surface area contributed by atoms with E-state index in [-0.39, 0.29) is 0 Å². The molecule has 0 unspecified atom stereocenters. The monoisotopic (exact) mass is 277 g/mol. The molecule has 1 aromatic heterocycles. The normalized spacial score (nSPS) is 10.3. The van der Waals surface area contributed by atoms with Crippen LogP contribution >= 0.6 is 11.6 Å². The largest absolute Gasteiger partial charge is 0.478 e. The summed E-state index contributed by atoms with van der Waals surface area (Å²) in [5.74, 6) is 1.41. The van der Waals surface area contributed by atoms with E-state index in [9.17, 15) is 0 Å². The highest BCUT2D eigenvalue weighted by atomic mass is 35.5. The highest BCUT2D eigenvalue weighted by Crippen LogP contribution is 2.21. The van der Waals surface area contributed by atoms with E-state index in [4.69, 9.17) is 16.3 Å². The zero-order chi connectivity index (χ0) is 13.7. The molecule has 4 nitrogen and oxygen atoms in total. The smallest absolute Gasteiger partial charge is 0.221 e. The fourth-order valence-electron chi connectivity index (χ4n) is 1.68. The molecule has 2 aromatic rings. The van der Waals surface area contributed by atoms with E-state index in [0.29, 0.717) is 19.0 Å². The van der Waals surface area contributed by atoms with Gasteiger partial charge in [0.1, 0.15) is 12.1 Å². The maximum Gasteiger partial charge on any atom is 0.221 e. The van der Waals surface area contributed by atoms with Gasteiger partial charge in [-0.2, -0.15) is 0 Å². The zero-order valence-electron chi connectivity index (χ0n) is 11.0. The van der Waals surface area contributed by atoms with Crippen LogP contribution in [0.5, 0.6) is 5.88 Å². The Morgan fingerprint density at radius 1 is 1.21 bits per heavy atom. The Bertz CT molecular complexity index is 543. The summed E-state index contributed by atoms with van der Waals surface area (Å²) in [6.45, 7) is 5.15. The van der Waals surface area contributed by atoms with Gasteiger partial charge in [0.25, 0.3) is 0 Å². The van der Waals surface area contributed by atoms with E-state index in [0.717, 1.165) is 22.0 Å². The summed E-state index contributed by atoms with van der Waals surface area (Å²) in [7, 11) is 0. The summed E-state index contributed by atoms with van der Waals surface area (Å²) in [4.78, 5) is 8.33. The summed E-state index contributed by atoms with van der Waals surface area (Å²) in [5, 5.41) is 4.01. The van der Waals surface area contributed by atoms with E-state index in [1.54, 1.807) is 0 Å². The van der Waals surface area contributed by atoms with Crippen molar-refractivity contribution in [3.05, 3.63) is 46.7 Å². The van der Waals surface area contributed by atoms with Gasteiger partial charge in [-0.3, -0.25) is 0 Å². The van der Waals surface area contributed by atoms with Gasteiger partial charge in [0.05, 0.1) is 12.2 Å². The Balaban J connectivity index is 2.07. The molecule has 0 bridgehead atoms. The van der Waals surface area contributed by atoms with E-state index < -0.39 is 0 Å². The molecule has 1 N–H and O–H groups in total. The van der Waals surface area contributed by atoms with Gasteiger partial charge in [-0.1, -0.05) is 23.7 Å². The molecule has 19 heavy (non-hydrogen) atoms. The molecule has 2 rings (SSSR count). The molecule has 0 spiro atoms. The fraction of sp³-hybridized carbons (Fsp3) is 0.286. The van der Waals surface area contributed by atoms with Crippen molar-refractivity contribution in [1.82, 2.24) is 9.97 Å². The van der Waals surface area contributed by atoms with E-state index in [1.807, 2.05) is 38.1 Å². The third-order valence-electron chi connectivity index (χ3n) is 2.69. The standard InChI is InChI=1S/C14H16ClN3O/c1-3-19-14-10(2)13(17-9-18-14)16-8-11-4-6-12(15)7-5-11/h4-7,9H,3,8H2,1-2H3,(H,16,17,18). The van der Waals surface area contributed by atoms with Crippen molar-refractivity contribution in [3.63, 3.8) is 0 Å². The molecule has 0 aliphatic rings. The molecule has 0 aliphatic heterocycles. The molecule has 1 aromatic carbocycles. The van der Waals surface area contributed by atoms with Crippen LogP contribution in [0.2, 0.25) is 5.02 Å². The zero-order valence-corrected chi connectivity index (χ0v) is 11.7. The highest BCUT2D eigenvalue weighted by molar-refractivity contribution is 6.30. The molecule has 0 radical (unpaired) electrons. The summed E-state index contributed by atoms with van der Waals surface area (Å²) < 4.78 is 5.44. The quantitative estimate of drug-likeness (QED) is 0.909. The topological polar surface area (TPSA) is 47.0 Å². The fourth-order valence-corrected chi connectivity index (χ4v) is 1.81. The number of halogens is 1. The Labute approximate surface area is 117 Å². The van der Waals surface area contributed by atoms with Gasteiger partial charge in [0.2, 0.25) is 5.88 Å². The van der Waals surface area contributed by atoms with Crippen molar-refractivity contribution >= 4 is 17.4 Å². The second kappa shape index (κ2) is 6.38. The molecule has 1 heterocycles. The molecule has 0 saturated heterocycles. The molecular formula is C14H16ClN3O. The molecule has 100 valence electrons. The van der Waals surface area contributed by atoms with Gasteiger partial charge in [0, 0.05) is 11.6 Å². The second-order valence-corrected chi connectivity index (χ2v) is 4.50. The number of rotatable bonds is 5. The van der Waals surface area contributed by atoms with Gasteiger partial charge >= 0.3 is 0 Å². The average molecular weight is 278 g/mol. The Morgan fingerprint density at radius 3 is 2.63 bits per heavy atom. The lowest BCUT2D eigenvalue weighted by molar-refractivity contribution is 0.324. The van der Waals surface area contributed by atoms with Crippen molar-refractivity contribution in [3.8, 4) is 5.88 Å². The summed E-state index contributed by atoms with van der Waals surface area (Å²) in [6.07, 6.45) is 1.50. The SMILES string of the molecule is CCOc1ncnc(NCc2ccc(Cl)cc2)c1C. The number of benzene rings is 1. The number of ether oxygens (including phenoxy) is 1. The number of nitrogens with zero attached hydrogens (tertiary/aromatic N) is 2. The van der Waals surface area contributed by atoms with Crippen LogP contribution in [0.3, 0.4) is 0 Å². The molecule has 5 heteroatoms. The van der Waals surface area contributed by atoms with Crippen LogP contribution in [0.4, 0.5) is 5.82 Å². The van der Waals surface area contributed by atoms with Gasteiger partial charge in [-0.05, 0) is 31.5 Å². The van der Waals surface area contributed by atoms with E-state index in [1.165, 1.54) is 6.33 Å². The molecule has 0 fully saturated rings. The summed E-state index contributed by atoms with van der Waals surface area (Å²) in [5.41, 5.74) is 2.05. The lowest BCUT2D eigenvalue weighted by Gasteiger charge is -2.11. The first-order valence-corrected chi connectivity index (χ1v) is 6.51. The van der Waals surface area contributed by atoms with Crippen molar-refractivity contribution in [2.45, 2.75) is 20.4 Å². The molecule has 0 saturated carbocycles. The van der Waals surface area contributed by atoms with Crippen molar-refractivity contribution in [2.24, 2.45) is 0 Å². The maximum atomic E-state index is 5.85. The third kappa shape index (κ3) is 3.58. The average Bonchev–Trinajstić information content (AvgIpc) is 2.42. The predicted octanol–water partition coefficient (Wildman–Crippen LogP) is 3.45. The molecule has 0 amide bonds. The number of anilines is 1. The van der Waals surface area contributed by atoms with Crippen LogP contribution in [0.15, 0.2) is 30.6 Å². The lowest BCUT2D eigenvalue weighted by atomic mass is 10.2. The summed E-state index contributed by atoms with van der Waals surface area (Å²) >= 11 is 5.85. The van der Waals surface area contributed by atoms with E-state index in [2.05, 4.69) is 15.3 Å². The van der Waals surface area contributed by atoms with Crippen LogP contribution in [-0.2, 0) is 6.54 Å². The van der Waals surface area contributed by atoms with Crippen LogP contribution in [-0.4, -0.2) is 16.6 Å². The van der Waals surface area contributed by atoms with Gasteiger partial charge in [-0.25, -0.2) is 9.97 Å². The predicted molar refractivity (Wildman–Crippen MR) is 76.7 cm³/mol. The Hall–Kier alpha value is -1.81. The number of nitrogens with one attached hydrogen (secondary N) is 1. The van der Waals surface area contributed by atoms with Crippen molar-refractivity contribution in [2.75, 3.05) is 11.9 Å². The first kappa shape index (κ1) is 13.6. The maximum absolute atomic E-state index is 5.85. The van der Waals surface area contributed by atoms with E-state index >= 15 is 0 Å². The minimum atomic E-state index is 0.592. The van der Waals surface area contributed by atoms with Gasteiger partial charge in [-0.15, -0.1) is 0 Å². The minimum Gasteiger partial charge on any atom is -0.478 e. The molecule has 0 atom stereocenters. The molecular weight excluding hydrogens is 262 g/mol. The molecule has 0 aliphatic carbocycles. The van der Waals surface area contributed by atoms with Gasteiger partial charge in [0.15, 0.2) is 0 Å².